The van der Waals surface area contributed by atoms with Gasteiger partial charge in [0.15, 0.2) is 0 Å². The second-order valence-corrected chi connectivity index (χ2v) is 5.17. The fraction of sp³-hybridized carbons (Fsp3) is 0.438. The molecule has 2 N–H and O–H groups in total. The van der Waals surface area contributed by atoms with Gasteiger partial charge in [0.1, 0.15) is 5.75 Å². The predicted molar refractivity (Wildman–Crippen MR) is 80.7 cm³/mol. The van der Waals surface area contributed by atoms with E-state index in [-0.39, 0.29) is 6.04 Å². The molecule has 1 aromatic carbocycles. The highest BCUT2D eigenvalue weighted by atomic mass is 16.3. The van der Waals surface area contributed by atoms with Crippen LogP contribution in [0.1, 0.15) is 42.4 Å². The second-order valence-electron chi connectivity index (χ2n) is 5.17. The van der Waals surface area contributed by atoms with Crippen LogP contribution in [-0.4, -0.2) is 14.9 Å². The first-order valence-corrected chi connectivity index (χ1v) is 7.08. The lowest BCUT2D eigenvalue weighted by Crippen LogP contribution is -2.19. The van der Waals surface area contributed by atoms with Crippen LogP contribution in [0, 0.1) is 13.8 Å². The third-order valence-electron chi connectivity index (χ3n) is 3.72. The molecule has 1 unspecified atom stereocenters. The molecule has 2 aromatic rings. The van der Waals surface area contributed by atoms with Crippen LogP contribution >= 0.6 is 0 Å². The number of hydrogen-bond donors (Lipinski definition) is 2. The Morgan fingerprint density at radius 3 is 2.45 bits per heavy atom. The number of aromatic hydroxyl groups is 1. The van der Waals surface area contributed by atoms with Gasteiger partial charge in [0, 0.05) is 30.4 Å². The van der Waals surface area contributed by atoms with Crippen molar-refractivity contribution in [1.82, 2.24) is 15.1 Å². The van der Waals surface area contributed by atoms with Crippen molar-refractivity contribution in [3.8, 4) is 5.75 Å². The van der Waals surface area contributed by atoms with Gasteiger partial charge in [-0.25, -0.2) is 0 Å². The van der Waals surface area contributed by atoms with E-state index in [1.165, 1.54) is 11.3 Å². The highest BCUT2D eigenvalue weighted by molar-refractivity contribution is 5.29. The Labute approximate surface area is 120 Å². The van der Waals surface area contributed by atoms with Crippen LogP contribution in [0.3, 0.4) is 0 Å². The van der Waals surface area contributed by atoms with Crippen molar-refractivity contribution in [2.45, 2.75) is 46.8 Å². The maximum atomic E-state index is 9.28. The van der Waals surface area contributed by atoms with Crippen molar-refractivity contribution < 1.29 is 5.11 Å². The van der Waals surface area contributed by atoms with E-state index < -0.39 is 0 Å². The van der Waals surface area contributed by atoms with E-state index in [0.717, 1.165) is 24.3 Å². The minimum absolute atomic E-state index is 0.254. The summed E-state index contributed by atoms with van der Waals surface area (Å²) in [6.45, 7) is 10.1. The highest BCUT2D eigenvalue weighted by Gasteiger charge is 2.16. The number of phenolic OH excluding ortho intramolecular Hbond substituents is 1. The average Bonchev–Trinajstić information content (AvgIpc) is 2.72. The van der Waals surface area contributed by atoms with Gasteiger partial charge in [0.05, 0.1) is 5.69 Å². The zero-order chi connectivity index (χ0) is 14.7. The molecule has 0 aliphatic rings. The van der Waals surface area contributed by atoms with Crippen LogP contribution in [0.4, 0.5) is 0 Å². The summed E-state index contributed by atoms with van der Waals surface area (Å²) in [6, 6.07) is 7.55. The molecule has 1 heterocycles. The standard InChI is InChI=1S/C16H23N3O/c1-5-19-13(4)16(12(3)18-19)11(2)17-10-14-6-8-15(20)9-7-14/h6-9,11,17,20H,5,10H2,1-4H3. The van der Waals surface area contributed by atoms with Crippen molar-refractivity contribution in [1.29, 1.82) is 0 Å². The van der Waals surface area contributed by atoms with E-state index >= 15 is 0 Å². The minimum atomic E-state index is 0.254. The van der Waals surface area contributed by atoms with Gasteiger partial charge in [-0.2, -0.15) is 5.10 Å². The average molecular weight is 273 g/mol. The predicted octanol–water partition coefficient (Wildman–Crippen LogP) is 3.08. The lowest BCUT2D eigenvalue weighted by Gasteiger charge is -2.15. The van der Waals surface area contributed by atoms with Crippen molar-refractivity contribution in [2.75, 3.05) is 0 Å². The molecule has 0 saturated heterocycles. The number of nitrogens with one attached hydrogen (secondary N) is 1. The molecular weight excluding hydrogens is 250 g/mol. The molecular formula is C16H23N3O. The number of rotatable bonds is 5. The first-order chi connectivity index (χ1) is 9.52. The van der Waals surface area contributed by atoms with E-state index in [1.807, 2.05) is 16.8 Å². The van der Waals surface area contributed by atoms with E-state index in [2.05, 4.69) is 38.1 Å². The van der Waals surface area contributed by atoms with Crippen molar-refractivity contribution >= 4 is 0 Å². The summed E-state index contributed by atoms with van der Waals surface area (Å²) in [5.41, 5.74) is 4.77. The molecule has 4 nitrogen and oxygen atoms in total. The quantitative estimate of drug-likeness (QED) is 0.880. The Balaban J connectivity index is 2.07. The molecule has 0 amide bonds. The summed E-state index contributed by atoms with van der Waals surface area (Å²) >= 11 is 0. The summed E-state index contributed by atoms with van der Waals surface area (Å²) in [5, 5.41) is 17.4. The van der Waals surface area contributed by atoms with Gasteiger partial charge < -0.3 is 10.4 Å². The minimum Gasteiger partial charge on any atom is -0.508 e. The lowest BCUT2D eigenvalue weighted by molar-refractivity contribution is 0.474. The van der Waals surface area contributed by atoms with Gasteiger partial charge in [-0.3, -0.25) is 4.68 Å². The van der Waals surface area contributed by atoms with E-state index in [9.17, 15) is 5.11 Å². The number of nitrogens with zero attached hydrogens (tertiary/aromatic N) is 2. The molecule has 0 fully saturated rings. The first-order valence-electron chi connectivity index (χ1n) is 7.08. The largest absolute Gasteiger partial charge is 0.508 e. The molecule has 2 rings (SSSR count). The Hall–Kier alpha value is -1.81. The zero-order valence-electron chi connectivity index (χ0n) is 12.6. The molecule has 1 aromatic heterocycles. The van der Waals surface area contributed by atoms with Gasteiger partial charge >= 0.3 is 0 Å². The summed E-state index contributed by atoms with van der Waals surface area (Å²) in [6.07, 6.45) is 0. The Morgan fingerprint density at radius 1 is 1.25 bits per heavy atom. The number of aromatic nitrogens is 2. The van der Waals surface area contributed by atoms with E-state index in [1.54, 1.807) is 12.1 Å². The highest BCUT2D eigenvalue weighted by Crippen LogP contribution is 2.21. The smallest absolute Gasteiger partial charge is 0.115 e. The van der Waals surface area contributed by atoms with Crippen molar-refractivity contribution in [3.63, 3.8) is 0 Å². The Kier molecular flexibility index (Phi) is 4.45. The van der Waals surface area contributed by atoms with E-state index in [4.69, 9.17) is 0 Å². The molecule has 1 atom stereocenters. The maximum Gasteiger partial charge on any atom is 0.115 e. The van der Waals surface area contributed by atoms with Gasteiger partial charge in [-0.1, -0.05) is 12.1 Å². The number of benzene rings is 1. The number of phenols is 1. The zero-order valence-corrected chi connectivity index (χ0v) is 12.6. The number of aryl methyl sites for hydroxylation is 2. The first kappa shape index (κ1) is 14.6. The third-order valence-corrected chi connectivity index (χ3v) is 3.72. The second kappa shape index (κ2) is 6.09. The van der Waals surface area contributed by atoms with Gasteiger partial charge in [0.25, 0.3) is 0 Å². The van der Waals surface area contributed by atoms with Gasteiger partial charge in [-0.05, 0) is 45.4 Å². The number of hydrogen-bond acceptors (Lipinski definition) is 3. The molecule has 0 radical (unpaired) electrons. The van der Waals surface area contributed by atoms with Gasteiger partial charge in [-0.15, -0.1) is 0 Å². The molecule has 0 spiro atoms. The van der Waals surface area contributed by atoms with Crippen LogP contribution in [0.25, 0.3) is 0 Å². The normalized spacial score (nSPS) is 12.6. The van der Waals surface area contributed by atoms with E-state index in [0.29, 0.717) is 5.75 Å². The molecule has 0 saturated carbocycles. The van der Waals surface area contributed by atoms with Crippen LogP contribution < -0.4 is 5.32 Å². The molecule has 108 valence electrons. The summed E-state index contributed by atoms with van der Waals surface area (Å²) in [4.78, 5) is 0. The van der Waals surface area contributed by atoms with Crippen LogP contribution in [0.15, 0.2) is 24.3 Å². The van der Waals surface area contributed by atoms with Crippen molar-refractivity contribution in [2.24, 2.45) is 0 Å². The van der Waals surface area contributed by atoms with Crippen LogP contribution in [0.5, 0.6) is 5.75 Å². The summed E-state index contributed by atoms with van der Waals surface area (Å²) < 4.78 is 2.05. The SMILES string of the molecule is CCn1nc(C)c(C(C)NCc2ccc(O)cc2)c1C. The van der Waals surface area contributed by atoms with Crippen LogP contribution in [0.2, 0.25) is 0 Å². The Bertz CT molecular complexity index is 572. The monoisotopic (exact) mass is 273 g/mol. The maximum absolute atomic E-state index is 9.28. The molecule has 4 heteroatoms. The Morgan fingerprint density at radius 2 is 1.90 bits per heavy atom. The fourth-order valence-corrected chi connectivity index (χ4v) is 2.63. The topological polar surface area (TPSA) is 50.1 Å². The van der Waals surface area contributed by atoms with Crippen LogP contribution in [-0.2, 0) is 13.1 Å². The molecule has 0 aliphatic carbocycles. The fourth-order valence-electron chi connectivity index (χ4n) is 2.63. The summed E-state index contributed by atoms with van der Waals surface area (Å²) in [7, 11) is 0. The lowest BCUT2D eigenvalue weighted by atomic mass is 10.1. The third kappa shape index (κ3) is 3.02. The molecule has 0 aliphatic heterocycles. The van der Waals surface area contributed by atoms with Gasteiger partial charge in [0.2, 0.25) is 0 Å². The molecule has 0 bridgehead atoms. The summed E-state index contributed by atoms with van der Waals surface area (Å²) in [5.74, 6) is 0.303. The van der Waals surface area contributed by atoms with Crippen molar-refractivity contribution in [3.05, 3.63) is 46.8 Å². The molecule has 20 heavy (non-hydrogen) atoms.